The molecule has 0 radical (unpaired) electrons. The first-order chi connectivity index (χ1) is 17.9. The van der Waals surface area contributed by atoms with E-state index in [-0.39, 0.29) is 45.4 Å². The summed E-state index contributed by atoms with van der Waals surface area (Å²) in [6, 6.07) is 11.5. The third-order valence-corrected chi connectivity index (χ3v) is 5.62. The highest BCUT2D eigenvalue weighted by Crippen LogP contribution is 2.36. The molecule has 3 aromatic rings. The van der Waals surface area contributed by atoms with Gasteiger partial charge in [0, 0.05) is 22.7 Å². The largest absolute Gasteiger partial charge is 0.482 e. The Morgan fingerprint density at radius 2 is 1.68 bits per heavy atom. The van der Waals surface area contributed by atoms with E-state index in [1.807, 2.05) is 0 Å². The fourth-order valence-electron chi connectivity index (χ4n) is 3.24. The lowest BCUT2D eigenvalue weighted by molar-refractivity contribution is -0.153. The lowest BCUT2D eigenvalue weighted by Crippen LogP contribution is -2.26. The van der Waals surface area contributed by atoms with E-state index in [9.17, 15) is 31.9 Å². The molecule has 0 aliphatic heterocycles. The Labute approximate surface area is 223 Å². The van der Waals surface area contributed by atoms with E-state index in [1.165, 1.54) is 42.5 Å². The van der Waals surface area contributed by atoms with Gasteiger partial charge in [0.25, 0.3) is 11.8 Å². The second-order valence-electron chi connectivity index (χ2n) is 7.76. The Morgan fingerprint density at radius 3 is 2.34 bits per heavy atom. The summed E-state index contributed by atoms with van der Waals surface area (Å²) in [6.45, 7) is -1.82. The van der Waals surface area contributed by atoms with Crippen LogP contribution in [0.5, 0.6) is 5.75 Å². The molecule has 0 aliphatic carbocycles. The van der Waals surface area contributed by atoms with E-state index in [4.69, 9.17) is 33.0 Å². The Hall–Kier alpha value is -3.83. The van der Waals surface area contributed by atoms with Crippen LogP contribution in [0.25, 0.3) is 11.1 Å². The number of amides is 2. The van der Waals surface area contributed by atoms with Crippen molar-refractivity contribution in [2.45, 2.75) is 12.6 Å². The summed E-state index contributed by atoms with van der Waals surface area (Å²) in [7, 11) is 0. The highest BCUT2D eigenvalue weighted by Gasteiger charge is 2.29. The summed E-state index contributed by atoms with van der Waals surface area (Å²) >= 11 is 12.2. The molecule has 0 unspecified atom stereocenters. The lowest BCUT2D eigenvalue weighted by Gasteiger charge is -2.17. The molecule has 0 aromatic heterocycles. The van der Waals surface area contributed by atoms with Crippen molar-refractivity contribution in [2.24, 2.45) is 0 Å². The first-order valence-electron chi connectivity index (χ1n) is 10.7. The number of alkyl halides is 3. The molecule has 0 bridgehead atoms. The molecule has 13 heteroatoms. The van der Waals surface area contributed by atoms with E-state index in [2.05, 4.69) is 10.6 Å². The molecule has 200 valence electrons. The average molecular weight is 573 g/mol. The predicted molar refractivity (Wildman–Crippen MR) is 132 cm³/mol. The van der Waals surface area contributed by atoms with Gasteiger partial charge in [0.05, 0.1) is 22.7 Å². The second-order valence-corrected chi connectivity index (χ2v) is 8.57. The predicted octanol–water partition coefficient (Wildman–Crippen LogP) is 6.20. The standard InChI is InChI=1S/C25H18Cl2F4N2O5/c26-16-6-4-14(23(36)32-9-8-21(34)35)10-15(16)13-5-7-19(20(11-13)38-12-25(29,30)31)33-24(37)22-17(27)2-1-3-18(22)28/h1-7,10-11H,8-9,12H2,(H,32,36)(H,33,37)(H,34,35). The van der Waals surface area contributed by atoms with Gasteiger partial charge in [-0.1, -0.05) is 35.3 Å². The van der Waals surface area contributed by atoms with Crippen LogP contribution in [-0.4, -0.2) is 42.2 Å². The maximum Gasteiger partial charge on any atom is 0.422 e. The van der Waals surface area contributed by atoms with Gasteiger partial charge in [-0.15, -0.1) is 0 Å². The molecule has 0 spiro atoms. The molecule has 38 heavy (non-hydrogen) atoms. The van der Waals surface area contributed by atoms with Crippen molar-refractivity contribution in [3.05, 3.63) is 81.6 Å². The minimum Gasteiger partial charge on any atom is -0.482 e. The van der Waals surface area contributed by atoms with E-state index >= 15 is 0 Å². The van der Waals surface area contributed by atoms with Gasteiger partial charge in [-0.05, 0) is 48.0 Å². The number of halogens is 6. The van der Waals surface area contributed by atoms with Gasteiger partial charge in [0.2, 0.25) is 0 Å². The van der Waals surface area contributed by atoms with Crippen LogP contribution in [0.3, 0.4) is 0 Å². The van der Waals surface area contributed by atoms with Gasteiger partial charge in [0.15, 0.2) is 6.61 Å². The van der Waals surface area contributed by atoms with Crippen molar-refractivity contribution in [1.29, 1.82) is 0 Å². The first-order valence-corrected chi connectivity index (χ1v) is 11.5. The van der Waals surface area contributed by atoms with Crippen molar-refractivity contribution < 1.29 is 41.8 Å². The van der Waals surface area contributed by atoms with Gasteiger partial charge >= 0.3 is 12.1 Å². The van der Waals surface area contributed by atoms with Crippen LogP contribution < -0.4 is 15.4 Å². The smallest absolute Gasteiger partial charge is 0.422 e. The fraction of sp³-hybridized carbons (Fsp3) is 0.160. The maximum atomic E-state index is 14.2. The number of nitrogens with one attached hydrogen (secondary N) is 2. The number of hydrogen-bond acceptors (Lipinski definition) is 4. The third-order valence-electron chi connectivity index (χ3n) is 4.97. The summed E-state index contributed by atoms with van der Waals surface area (Å²) in [5.41, 5.74) is -0.136. The fourth-order valence-corrected chi connectivity index (χ4v) is 3.72. The number of aliphatic carboxylic acids is 1. The summed E-state index contributed by atoms with van der Waals surface area (Å²) < 4.78 is 57.8. The van der Waals surface area contributed by atoms with Crippen molar-refractivity contribution in [3.8, 4) is 16.9 Å². The molecule has 0 atom stereocenters. The zero-order chi connectivity index (χ0) is 28.0. The molecule has 2 amide bonds. The number of carboxylic acids is 1. The average Bonchev–Trinajstić information content (AvgIpc) is 2.83. The third kappa shape index (κ3) is 7.59. The Morgan fingerprint density at radius 1 is 0.947 bits per heavy atom. The zero-order valence-corrected chi connectivity index (χ0v) is 20.7. The Bertz CT molecular complexity index is 1360. The van der Waals surface area contributed by atoms with E-state index in [1.54, 1.807) is 0 Å². The number of hydrogen-bond donors (Lipinski definition) is 3. The van der Waals surface area contributed by atoms with Gasteiger partial charge in [-0.3, -0.25) is 14.4 Å². The minimum atomic E-state index is -4.71. The maximum absolute atomic E-state index is 14.2. The topological polar surface area (TPSA) is 105 Å². The zero-order valence-electron chi connectivity index (χ0n) is 19.2. The van der Waals surface area contributed by atoms with Crippen LogP contribution in [0, 0.1) is 5.82 Å². The minimum absolute atomic E-state index is 0.110. The first kappa shape index (κ1) is 28.7. The highest BCUT2D eigenvalue weighted by molar-refractivity contribution is 6.34. The second kappa shape index (κ2) is 12.1. The number of carbonyl (C=O) groups is 3. The van der Waals surface area contributed by atoms with Crippen LogP contribution in [0.1, 0.15) is 27.1 Å². The van der Waals surface area contributed by atoms with Crippen molar-refractivity contribution in [3.63, 3.8) is 0 Å². The summed E-state index contributed by atoms with van der Waals surface area (Å²) in [6.07, 6.45) is -5.00. The van der Waals surface area contributed by atoms with Crippen LogP contribution in [-0.2, 0) is 4.79 Å². The van der Waals surface area contributed by atoms with Crippen molar-refractivity contribution in [2.75, 3.05) is 18.5 Å². The molecule has 3 rings (SSSR count). The number of ether oxygens (including phenoxy) is 1. The molecular formula is C25H18Cl2F4N2O5. The van der Waals surface area contributed by atoms with Gasteiger partial charge in [-0.2, -0.15) is 13.2 Å². The molecule has 0 fully saturated rings. The van der Waals surface area contributed by atoms with Gasteiger partial charge in [-0.25, -0.2) is 4.39 Å². The number of benzene rings is 3. The van der Waals surface area contributed by atoms with Crippen molar-refractivity contribution in [1.82, 2.24) is 5.32 Å². The SMILES string of the molecule is O=C(O)CCNC(=O)c1ccc(Cl)c(-c2ccc(NC(=O)c3c(F)cccc3Cl)c(OCC(F)(F)F)c2)c1. The summed E-state index contributed by atoms with van der Waals surface area (Å²) in [5.74, 6) is -4.06. The molecule has 0 saturated heterocycles. The van der Waals surface area contributed by atoms with Crippen LogP contribution >= 0.6 is 23.2 Å². The van der Waals surface area contributed by atoms with Crippen molar-refractivity contribution >= 4 is 46.7 Å². The normalized spacial score (nSPS) is 11.1. The van der Waals surface area contributed by atoms with Crippen LogP contribution in [0.2, 0.25) is 10.0 Å². The van der Waals surface area contributed by atoms with Crippen LogP contribution in [0.4, 0.5) is 23.2 Å². The summed E-state index contributed by atoms with van der Waals surface area (Å²) in [4.78, 5) is 35.7. The molecule has 3 N–H and O–H groups in total. The van der Waals surface area contributed by atoms with E-state index in [0.717, 1.165) is 12.1 Å². The molecule has 0 saturated carbocycles. The molecule has 0 aliphatic rings. The molecule has 3 aromatic carbocycles. The highest BCUT2D eigenvalue weighted by atomic mass is 35.5. The number of carbonyl (C=O) groups excluding carboxylic acids is 2. The Kier molecular flexibility index (Phi) is 9.18. The monoisotopic (exact) mass is 572 g/mol. The number of anilines is 1. The molecule has 7 nitrogen and oxygen atoms in total. The molecular weight excluding hydrogens is 555 g/mol. The van der Waals surface area contributed by atoms with E-state index < -0.39 is 47.7 Å². The number of carboxylic acid groups (broad SMARTS) is 1. The summed E-state index contributed by atoms with van der Waals surface area (Å²) in [5, 5.41) is 13.4. The number of rotatable bonds is 9. The Balaban J connectivity index is 1.96. The van der Waals surface area contributed by atoms with Crippen LogP contribution in [0.15, 0.2) is 54.6 Å². The van der Waals surface area contributed by atoms with Gasteiger partial charge < -0.3 is 20.5 Å². The lowest BCUT2D eigenvalue weighted by atomic mass is 10.0. The van der Waals surface area contributed by atoms with E-state index in [0.29, 0.717) is 0 Å². The van der Waals surface area contributed by atoms with Gasteiger partial charge in [0.1, 0.15) is 11.6 Å². The quantitative estimate of drug-likeness (QED) is 0.265. The molecule has 0 heterocycles.